The van der Waals surface area contributed by atoms with Crippen molar-refractivity contribution < 1.29 is 4.74 Å². The zero-order valence-corrected chi connectivity index (χ0v) is 11.8. The van der Waals surface area contributed by atoms with Crippen molar-refractivity contribution in [2.45, 2.75) is 19.4 Å². The van der Waals surface area contributed by atoms with Crippen LogP contribution in [0.15, 0.2) is 29.8 Å². The number of rotatable bonds is 5. The summed E-state index contributed by atoms with van der Waals surface area (Å²) in [5.41, 5.74) is 2.31. The smallest absolute Gasteiger partial charge is 0.142 e. The quantitative estimate of drug-likeness (QED) is 0.899. The van der Waals surface area contributed by atoms with E-state index in [9.17, 15) is 0 Å². The Morgan fingerprint density at radius 2 is 2.28 bits per heavy atom. The molecule has 2 aromatic heterocycles. The molecule has 4 heteroatoms. The van der Waals surface area contributed by atoms with E-state index in [0.717, 1.165) is 17.9 Å². The number of nitrogens with zero attached hydrogens (tertiary/aromatic N) is 1. The number of thiophene rings is 1. The summed E-state index contributed by atoms with van der Waals surface area (Å²) in [5, 5.41) is 5.47. The molecule has 2 aromatic rings. The molecule has 0 aliphatic carbocycles. The minimum atomic E-state index is 0.0936. The minimum Gasteiger partial charge on any atom is -0.495 e. The molecule has 96 valence electrons. The van der Waals surface area contributed by atoms with Gasteiger partial charge in [0, 0.05) is 11.1 Å². The molecular formula is C14H18N2OS. The summed E-state index contributed by atoms with van der Waals surface area (Å²) >= 11 is 1.76. The van der Waals surface area contributed by atoms with Crippen LogP contribution in [0.1, 0.15) is 29.1 Å². The number of hydrogen-bond donors (Lipinski definition) is 1. The summed E-state index contributed by atoms with van der Waals surface area (Å²) in [6.07, 6.45) is 2.84. The van der Waals surface area contributed by atoms with E-state index in [0.29, 0.717) is 0 Å². The van der Waals surface area contributed by atoms with Gasteiger partial charge in [0.05, 0.1) is 13.2 Å². The molecule has 0 saturated carbocycles. The van der Waals surface area contributed by atoms with Gasteiger partial charge >= 0.3 is 0 Å². The highest BCUT2D eigenvalue weighted by atomic mass is 32.1. The first kappa shape index (κ1) is 13.1. The highest BCUT2D eigenvalue weighted by Crippen LogP contribution is 2.33. The van der Waals surface area contributed by atoms with Gasteiger partial charge in [-0.25, -0.2) is 0 Å². The highest BCUT2D eigenvalue weighted by molar-refractivity contribution is 7.10. The summed E-state index contributed by atoms with van der Waals surface area (Å²) < 4.78 is 5.40. The molecule has 0 bridgehead atoms. The predicted octanol–water partition coefficient (Wildman–Crippen LogP) is 3.02. The maximum absolute atomic E-state index is 5.40. The number of ether oxygens (including phenoxy) is 1. The van der Waals surface area contributed by atoms with Crippen LogP contribution in [0.4, 0.5) is 0 Å². The lowest BCUT2D eigenvalue weighted by Gasteiger charge is -2.18. The fraction of sp³-hybridized carbons (Fsp3) is 0.357. The lowest BCUT2D eigenvalue weighted by atomic mass is 10.1. The van der Waals surface area contributed by atoms with Crippen LogP contribution < -0.4 is 10.1 Å². The third-order valence-electron chi connectivity index (χ3n) is 3.01. The molecule has 0 amide bonds. The number of aryl methyl sites for hydroxylation is 1. The van der Waals surface area contributed by atoms with Gasteiger partial charge in [-0.15, -0.1) is 11.3 Å². The van der Waals surface area contributed by atoms with Crippen LogP contribution in [0.3, 0.4) is 0 Å². The molecule has 1 atom stereocenters. The fourth-order valence-electron chi connectivity index (χ4n) is 2.08. The summed E-state index contributed by atoms with van der Waals surface area (Å²) in [5.74, 6) is 0.826. The molecule has 0 fully saturated rings. The molecule has 0 aromatic carbocycles. The number of hydrogen-bond acceptors (Lipinski definition) is 4. The Bertz CT molecular complexity index is 510. The van der Waals surface area contributed by atoms with Crippen LogP contribution in [0.2, 0.25) is 0 Å². The predicted molar refractivity (Wildman–Crippen MR) is 75.4 cm³/mol. The van der Waals surface area contributed by atoms with Crippen LogP contribution in [-0.4, -0.2) is 19.1 Å². The van der Waals surface area contributed by atoms with E-state index in [1.807, 2.05) is 19.2 Å². The molecule has 1 unspecified atom stereocenters. The van der Waals surface area contributed by atoms with Crippen LogP contribution in [-0.2, 0) is 6.42 Å². The summed E-state index contributed by atoms with van der Waals surface area (Å²) in [4.78, 5) is 5.79. The van der Waals surface area contributed by atoms with E-state index in [1.54, 1.807) is 24.6 Å². The maximum Gasteiger partial charge on any atom is 0.142 e. The molecule has 2 heterocycles. The first-order valence-corrected chi connectivity index (χ1v) is 6.92. The number of aromatic nitrogens is 1. The van der Waals surface area contributed by atoms with Gasteiger partial charge in [-0.3, -0.25) is 4.98 Å². The SMILES string of the molecule is CCc1ccsc1C(NC)c1ncccc1OC. The highest BCUT2D eigenvalue weighted by Gasteiger charge is 2.21. The molecule has 0 aliphatic heterocycles. The van der Waals surface area contributed by atoms with E-state index in [-0.39, 0.29) is 6.04 Å². The summed E-state index contributed by atoms with van der Waals surface area (Å²) in [6.45, 7) is 2.17. The molecular weight excluding hydrogens is 244 g/mol. The largest absolute Gasteiger partial charge is 0.495 e. The summed E-state index contributed by atoms with van der Waals surface area (Å²) in [6, 6.07) is 6.12. The third kappa shape index (κ3) is 2.40. The van der Waals surface area contributed by atoms with E-state index < -0.39 is 0 Å². The molecule has 2 rings (SSSR count). The van der Waals surface area contributed by atoms with E-state index in [4.69, 9.17) is 4.74 Å². The Labute approximate surface area is 112 Å². The molecule has 3 nitrogen and oxygen atoms in total. The van der Waals surface area contributed by atoms with E-state index in [1.165, 1.54) is 10.4 Å². The van der Waals surface area contributed by atoms with Gasteiger partial charge in [-0.1, -0.05) is 6.92 Å². The van der Waals surface area contributed by atoms with Crippen molar-refractivity contribution in [1.82, 2.24) is 10.3 Å². The number of pyridine rings is 1. The van der Waals surface area contributed by atoms with Gasteiger partial charge in [-0.2, -0.15) is 0 Å². The van der Waals surface area contributed by atoms with Crippen LogP contribution in [0.25, 0.3) is 0 Å². The Balaban J connectivity index is 2.45. The van der Waals surface area contributed by atoms with Crippen molar-refractivity contribution in [3.8, 4) is 5.75 Å². The average Bonchev–Trinajstić information content (AvgIpc) is 2.88. The van der Waals surface area contributed by atoms with Gasteiger partial charge in [0.2, 0.25) is 0 Å². The summed E-state index contributed by atoms with van der Waals surface area (Å²) in [7, 11) is 3.64. The second-order valence-electron chi connectivity index (χ2n) is 3.98. The van der Waals surface area contributed by atoms with Crippen molar-refractivity contribution in [2.24, 2.45) is 0 Å². The number of nitrogens with one attached hydrogen (secondary N) is 1. The molecule has 18 heavy (non-hydrogen) atoms. The molecule has 0 aliphatic rings. The van der Waals surface area contributed by atoms with E-state index in [2.05, 4.69) is 28.7 Å². The topological polar surface area (TPSA) is 34.2 Å². The average molecular weight is 262 g/mol. The Kier molecular flexibility index (Phi) is 4.33. The Morgan fingerprint density at radius 3 is 2.94 bits per heavy atom. The molecule has 0 spiro atoms. The normalized spacial score (nSPS) is 12.4. The fourth-order valence-corrected chi connectivity index (χ4v) is 3.19. The molecule has 0 saturated heterocycles. The van der Waals surface area contributed by atoms with Crippen LogP contribution >= 0.6 is 11.3 Å². The van der Waals surface area contributed by atoms with Crippen molar-refractivity contribution in [3.05, 3.63) is 45.9 Å². The van der Waals surface area contributed by atoms with Crippen molar-refractivity contribution in [3.63, 3.8) is 0 Å². The maximum atomic E-state index is 5.40. The first-order valence-electron chi connectivity index (χ1n) is 6.04. The van der Waals surface area contributed by atoms with Gasteiger partial charge in [0.25, 0.3) is 0 Å². The van der Waals surface area contributed by atoms with Gasteiger partial charge in [-0.05, 0) is 42.6 Å². The lowest BCUT2D eigenvalue weighted by Crippen LogP contribution is -2.19. The lowest BCUT2D eigenvalue weighted by molar-refractivity contribution is 0.402. The van der Waals surface area contributed by atoms with Crippen molar-refractivity contribution in [2.75, 3.05) is 14.2 Å². The second-order valence-corrected chi connectivity index (χ2v) is 4.92. The first-order chi connectivity index (χ1) is 8.81. The number of methoxy groups -OCH3 is 1. The van der Waals surface area contributed by atoms with Crippen LogP contribution in [0.5, 0.6) is 5.75 Å². The minimum absolute atomic E-state index is 0.0936. The Morgan fingerprint density at radius 1 is 1.44 bits per heavy atom. The van der Waals surface area contributed by atoms with Gasteiger partial charge in [0.1, 0.15) is 11.4 Å². The Hall–Kier alpha value is -1.39. The molecule has 1 N–H and O–H groups in total. The monoisotopic (exact) mass is 262 g/mol. The van der Waals surface area contributed by atoms with Crippen molar-refractivity contribution >= 4 is 11.3 Å². The zero-order chi connectivity index (χ0) is 13.0. The molecule has 0 radical (unpaired) electrons. The standard InChI is InChI=1S/C14H18N2OS/c1-4-10-7-9-18-14(10)13(15-2)12-11(17-3)6-5-8-16-12/h5-9,13,15H,4H2,1-3H3. The van der Waals surface area contributed by atoms with Gasteiger partial charge in [0.15, 0.2) is 0 Å². The van der Waals surface area contributed by atoms with Crippen molar-refractivity contribution in [1.29, 1.82) is 0 Å². The van der Waals surface area contributed by atoms with E-state index >= 15 is 0 Å². The third-order valence-corrected chi connectivity index (χ3v) is 4.03. The van der Waals surface area contributed by atoms with Gasteiger partial charge < -0.3 is 10.1 Å². The van der Waals surface area contributed by atoms with Crippen LogP contribution in [0, 0.1) is 0 Å². The second kappa shape index (κ2) is 5.98. The zero-order valence-electron chi connectivity index (χ0n) is 10.9.